The fourth-order valence-corrected chi connectivity index (χ4v) is 5.19. The first kappa shape index (κ1) is 21.8. The Bertz CT molecular complexity index is 1270. The van der Waals surface area contributed by atoms with E-state index >= 15 is 0 Å². The summed E-state index contributed by atoms with van der Waals surface area (Å²) in [5.41, 5.74) is 3.06. The molecule has 0 saturated heterocycles. The van der Waals surface area contributed by atoms with E-state index in [9.17, 15) is 13.2 Å². The number of aromatic nitrogens is 2. The molecule has 9 heteroatoms. The maximum Gasteiger partial charge on any atom is 0.270 e. The lowest BCUT2D eigenvalue weighted by atomic mass is 10.00. The Labute approximate surface area is 190 Å². The van der Waals surface area contributed by atoms with Crippen molar-refractivity contribution in [3.05, 3.63) is 107 Å². The largest absolute Gasteiger partial charge is 0.296 e. The van der Waals surface area contributed by atoms with Gasteiger partial charge >= 0.3 is 0 Å². The zero-order valence-corrected chi connectivity index (χ0v) is 18.7. The monoisotopic (exact) mass is 464 g/mol. The minimum Gasteiger partial charge on any atom is -0.296 e. The van der Waals surface area contributed by atoms with Crippen LogP contribution >= 0.6 is 11.3 Å². The molecule has 0 aliphatic heterocycles. The fraction of sp³-hybridized carbons (Fsp3) is 0.0870. The lowest BCUT2D eigenvalue weighted by molar-refractivity contribution is 0.102. The molecule has 1 amide bonds. The van der Waals surface area contributed by atoms with Crippen LogP contribution < -0.4 is 10.0 Å². The Morgan fingerprint density at radius 2 is 1.41 bits per heavy atom. The number of benzene rings is 3. The summed E-state index contributed by atoms with van der Waals surface area (Å²) in [6.07, 6.45) is 0. The van der Waals surface area contributed by atoms with Crippen LogP contribution in [-0.2, 0) is 10.0 Å². The SMILES string of the molecule is Cc1ccc(C(=O)Nc2nnc(S(=O)(=O)NC(c3ccccc3)c3ccccc3)s2)cc1. The highest BCUT2D eigenvalue weighted by molar-refractivity contribution is 7.91. The normalized spacial score (nSPS) is 11.4. The van der Waals surface area contributed by atoms with Crippen LogP contribution in [0.1, 0.15) is 33.1 Å². The summed E-state index contributed by atoms with van der Waals surface area (Å²) in [7, 11) is -4.00. The van der Waals surface area contributed by atoms with E-state index in [0.717, 1.165) is 28.0 Å². The molecular weight excluding hydrogens is 444 g/mol. The highest BCUT2D eigenvalue weighted by Gasteiger charge is 2.26. The Balaban J connectivity index is 1.56. The number of nitrogens with zero attached hydrogens (tertiary/aromatic N) is 2. The summed E-state index contributed by atoms with van der Waals surface area (Å²) in [6, 6.07) is 25.0. The molecule has 0 aliphatic rings. The molecule has 4 rings (SSSR count). The van der Waals surface area contributed by atoms with Gasteiger partial charge in [0.25, 0.3) is 15.9 Å². The van der Waals surface area contributed by atoms with Gasteiger partial charge in [0.1, 0.15) is 0 Å². The maximum atomic E-state index is 13.1. The van der Waals surface area contributed by atoms with Crippen molar-refractivity contribution in [3.8, 4) is 0 Å². The van der Waals surface area contributed by atoms with Gasteiger partial charge < -0.3 is 0 Å². The third kappa shape index (κ3) is 5.08. The second-order valence-electron chi connectivity index (χ2n) is 7.07. The topological polar surface area (TPSA) is 101 Å². The average molecular weight is 465 g/mol. The summed E-state index contributed by atoms with van der Waals surface area (Å²) in [4.78, 5) is 12.4. The predicted octanol–water partition coefficient (Wildman–Crippen LogP) is 4.17. The van der Waals surface area contributed by atoms with E-state index in [-0.39, 0.29) is 15.4 Å². The minimum atomic E-state index is -4.00. The maximum absolute atomic E-state index is 13.1. The van der Waals surface area contributed by atoms with Gasteiger partial charge in [0, 0.05) is 5.56 Å². The molecule has 0 bridgehead atoms. The molecule has 3 aromatic carbocycles. The van der Waals surface area contributed by atoms with Crippen LogP contribution in [0, 0.1) is 6.92 Å². The third-order valence-electron chi connectivity index (χ3n) is 4.71. The standard InChI is InChI=1S/C23H20N4O3S2/c1-16-12-14-19(15-13-16)21(28)24-22-25-26-23(31-22)32(29,30)27-20(17-8-4-2-5-9-17)18-10-6-3-7-11-18/h2-15,20,27H,1H3,(H,24,25,28). The van der Waals surface area contributed by atoms with Gasteiger partial charge in [-0.2, -0.15) is 4.72 Å². The minimum absolute atomic E-state index is 0.104. The molecule has 0 saturated carbocycles. The summed E-state index contributed by atoms with van der Waals surface area (Å²) in [5.74, 6) is -0.385. The molecule has 32 heavy (non-hydrogen) atoms. The van der Waals surface area contributed by atoms with Gasteiger partial charge in [-0.3, -0.25) is 10.1 Å². The van der Waals surface area contributed by atoms with Crippen molar-refractivity contribution >= 4 is 32.4 Å². The molecule has 0 aliphatic carbocycles. The van der Waals surface area contributed by atoms with Crippen molar-refractivity contribution in [3.63, 3.8) is 0 Å². The molecule has 0 fully saturated rings. The van der Waals surface area contributed by atoms with Crippen LogP contribution in [0.15, 0.2) is 89.3 Å². The molecular formula is C23H20N4O3S2. The Morgan fingerprint density at radius 1 is 0.844 bits per heavy atom. The van der Waals surface area contributed by atoms with Crippen LogP contribution in [0.2, 0.25) is 0 Å². The Kier molecular flexibility index (Phi) is 6.40. The number of anilines is 1. The number of hydrogen-bond donors (Lipinski definition) is 2. The smallest absolute Gasteiger partial charge is 0.270 e. The number of rotatable bonds is 7. The van der Waals surface area contributed by atoms with Gasteiger partial charge in [0.15, 0.2) is 0 Å². The van der Waals surface area contributed by atoms with Crippen molar-refractivity contribution in [1.82, 2.24) is 14.9 Å². The molecule has 2 N–H and O–H groups in total. The third-order valence-corrected chi connectivity index (χ3v) is 7.34. The summed E-state index contributed by atoms with van der Waals surface area (Å²) in [5, 5.41) is 10.3. The van der Waals surface area contributed by atoms with Crippen molar-refractivity contribution in [2.24, 2.45) is 0 Å². The lowest BCUT2D eigenvalue weighted by Crippen LogP contribution is -2.29. The number of carbonyl (C=O) groups is 1. The van der Waals surface area contributed by atoms with Crippen LogP contribution in [0.25, 0.3) is 0 Å². The molecule has 1 aromatic heterocycles. The molecule has 0 radical (unpaired) electrons. The number of amides is 1. The lowest BCUT2D eigenvalue weighted by Gasteiger charge is -2.18. The first-order valence-electron chi connectivity index (χ1n) is 9.76. The van der Waals surface area contributed by atoms with Gasteiger partial charge in [-0.05, 0) is 30.2 Å². The Hall–Kier alpha value is -3.40. The summed E-state index contributed by atoms with van der Waals surface area (Å²) < 4.78 is 28.6. The van der Waals surface area contributed by atoms with Gasteiger partial charge in [0.2, 0.25) is 9.47 Å². The van der Waals surface area contributed by atoms with E-state index < -0.39 is 16.1 Å². The van der Waals surface area contributed by atoms with Crippen molar-refractivity contribution in [2.45, 2.75) is 17.3 Å². The predicted molar refractivity (Wildman–Crippen MR) is 124 cm³/mol. The van der Waals surface area contributed by atoms with E-state index in [2.05, 4.69) is 20.2 Å². The molecule has 162 valence electrons. The number of aryl methyl sites for hydroxylation is 1. The van der Waals surface area contributed by atoms with E-state index in [1.807, 2.05) is 79.7 Å². The number of hydrogen-bond acceptors (Lipinski definition) is 6. The molecule has 4 aromatic rings. The van der Waals surface area contributed by atoms with Crippen molar-refractivity contribution < 1.29 is 13.2 Å². The average Bonchev–Trinajstić information content (AvgIpc) is 3.29. The second kappa shape index (κ2) is 9.39. The molecule has 0 unspecified atom stereocenters. The number of nitrogens with one attached hydrogen (secondary N) is 2. The number of sulfonamides is 1. The first-order valence-corrected chi connectivity index (χ1v) is 12.1. The van der Waals surface area contributed by atoms with Gasteiger partial charge in [0.05, 0.1) is 6.04 Å². The highest BCUT2D eigenvalue weighted by Crippen LogP contribution is 2.26. The zero-order chi connectivity index (χ0) is 22.6. The molecule has 7 nitrogen and oxygen atoms in total. The van der Waals surface area contributed by atoms with E-state index in [4.69, 9.17) is 0 Å². The fourth-order valence-electron chi connectivity index (χ4n) is 3.07. The van der Waals surface area contributed by atoms with Crippen molar-refractivity contribution in [2.75, 3.05) is 5.32 Å². The Morgan fingerprint density at radius 3 is 1.97 bits per heavy atom. The summed E-state index contributed by atoms with van der Waals surface area (Å²) >= 11 is 0.794. The van der Waals surface area contributed by atoms with Crippen LogP contribution in [0.3, 0.4) is 0 Å². The van der Waals surface area contributed by atoms with E-state index in [0.29, 0.717) is 5.56 Å². The molecule has 1 heterocycles. The first-order chi connectivity index (χ1) is 15.4. The molecule has 0 atom stereocenters. The molecule has 0 spiro atoms. The second-order valence-corrected chi connectivity index (χ2v) is 9.93. The highest BCUT2D eigenvalue weighted by atomic mass is 32.2. The number of carbonyl (C=O) groups excluding carboxylic acids is 1. The van der Waals surface area contributed by atoms with Crippen LogP contribution in [0.5, 0.6) is 0 Å². The van der Waals surface area contributed by atoms with Gasteiger partial charge in [-0.1, -0.05) is 89.7 Å². The zero-order valence-electron chi connectivity index (χ0n) is 17.1. The van der Waals surface area contributed by atoms with Gasteiger partial charge in [-0.25, -0.2) is 8.42 Å². The van der Waals surface area contributed by atoms with E-state index in [1.165, 1.54) is 0 Å². The summed E-state index contributed by atoms with van der Waals surface area (Å²) in [6.45, 7) is 1.93. The van der Waals surface area contributed by atoms with Crippen molar-refractivity contribution in [1.29, 1.82) is 0 Å². The van der Waals surface area contributed by atoms with E-state index in [1.54, 1.807) is 12.1 Å². The van der Waals surface area contributed by atoms with Gasteiger partial charge in [-0.15, -0.1) is 10.2 Å². The quantitative estimate of drug-likeness (QED) is 0.400. The van der Waals surface area contributed by atoms with Crippen LogP contribution in [-0.4, -0.2) is 24.5 Å². The van der Waals surface area contributed by atoms with Crippen LogP contribution in [0.4, 0.5) is 5.13 Å².